The van der Waals surface area contributed by atoms with Crippen molar-refractivity contribution in [3.05, 3.63) is 0 Å². The first-order chi connectivity index (χ1) is 24.3. The summed E-state index contributed by atoms with van der Waals surface area (Å²) >= 11 is 0. The Bertz CT molecular complexity index is 793. The maximum atomic E-state index is 12.5. The average molecular weight is 733 g/mol. The molecule has 2 unspecified atom stereocenters. The number of phosphoric acid groups is 1. The van der Waals surface area contributed by atoms with Gasteiger partial charge in [-0.1, -0.05) is 194 Å². The van der Waals surface area contributed by atoms with Crippen LogP contribution in [0.2, 0.25) is 0 Å². The summed E-state index contributed by atoms with van der Waals surface area (Å²) < 4.78 is 32.6. The molecule has 2 atom stereocenters. The van der Waals surface area contributed by atoms with Gasteiger partial charge in [0.2, 0.25) is 0 Å². The Morgan fingerprint density at radius 2 is 0.780 bits per heavy atom. The lowest BCUT2D eigenvalue weighted by Gasteiger charge is -2.19. The van der Waals surface area contributed by atoms with E-state index in [1.165, 1.54) is 154 Å². The highest BCUT2D eigenvalue weighted by Gasteiger charge is 2.25. The molecule has 0 aliphatic heterocycles. The molecule has 0 saturated heterocycles. The van der Waals surface area contributed by atoms with Crippen molar-refractivity contribution in [2.24, 2.45) is 0 Å². The molecule has 0 aliphatic rings. The molecule has 0 spiro atoms. The quantitative estimate of drug-likeness (QED) is 0.0377. The lowest BCUT2D eigenvalue weighted by Crippen LogP contribution is -2.29. The number of ether oxygens (including phenoxy) is 2. The van der Waals surface area contributed by atoms with E-state index < -0.39 is 19.9 Å². The highest BCUT2D eigenvalue weighted by atomic mass is 31.2. The maximum absolute atomic E-state index is 12.5. The van der Waals surface area contributed by atoms with Gasteiger partial charge >= 0.3 is 19.8 Å². The molecule has 0 aromatic heterocycles. The minimum Gasteiger partial charge on any atom is -0.462 e. The van der Waals surface area contributed by atoms with Gasteiger partial charge < -0.3 is 14.4 Å². The summed E-state index contributed by atoms with van der Waals surface area (Å²) in [5, 5.41) is 0. The van der Waals surface area contributed by atoms with Crippen LogP contribution in [0.15, 0.2) is 0 Å². The monoisotopic (exact) mass is 733 g/mol. The van der Waals surface area contributed by atoms with Gasteiger partial charge in [-0.2, -0.15) is 0 Å². The zero-order valence-electron chi connectivity index (χ0n) is 33.1. The second-order valence-corrected chi connectivity index (χ2v) is 15.8. The third kappa shape index (κ3) is 36.8. The second kappa shape index (κ2) is 37.8. The number of carbonyl (C=O) groups excluding carboxylic acids is 2. The smallest absolute Gasteiger partial charge is 0.462 e. The van der Waals surface area contributed by atoms with Crippen LogP contribution in [0.4, 0.5) is 0 Å². The molecule has 0 saturated carbocycles. The predicted octanol–water partition coefficient (Wildman–Crippen LogP) is 13.1. The SMILES string of the molecule is CCCCCCCCCCCCCCCCCCCCC(=O)OC(COC(=O)CCCCCCCCCCCCCC)COP(=O)(O)OCC. The van der Waals surface area contributed by atoms with E-state index in [0.29, 0.717) is 6.42 Å². The van der Waals surface area contributed by atoms with E-state index in [2.05, 4.69) is 13.8 Å². The van der Waals surface area contributed by atoms with Crippen molar-refractivity contribution < 1.29 is 37.6 Å². The Balaban J connectivity index is 4.02. The van der Waals surface area contributed by atoms with Crippen molar-refractivity contribution in [3.8, 4) is 0 Å². The lowest BCUT2D eigenvalue weighted by molar-refractivity contribution is -0.161. The Morgan fingerprint density at radius 3 is 1.12 bits per heavy atom. The van der Waals surface area contributed by atoms with E-state index in [9.17, 15) is 19.0 Å². The van der Waals surface area contributed by atoms with Gasteiger partial charge in [-0.05, 0) is 19.8 Å². The maximum Gasteiger partial charge on any atom is 0.472 e. The molecule has 0 aromatic rings. The third-order valence-electron chi connectivity index (χ3n) is 9.41. The summed E-state index contributed by atoms with van der Waals surface area (Å²) in [5.74, 6) is -0.783. The Kier molecular flexibility index (Phi) is 37.1. The summed E-state index contributed by atoms with van der Waals surface area (Å²) in [7, 11) is -4.27. The van der Waals surface area contributed by atoms with Gasteiger partial charge in [0.05, 0.1) is 13.2 Å². The van der Waals surface area contributed by atoms with E-state index in [1.807, 2.05) is 0 Å². The molecule has 9 heteroatoms. The minimum absolute atomic E-state index is 0.00558. The third-order valence-corrected chi connectivity index (χ3v) is 10.5. The van der Waals surface area contributed by atoms with Crippen molar-refractivity contribution in [2.45, 2.75) is 232 Å². The summed E-state index contributed by atoms with van der Waals surface area (Å²) in [6, 6.07) is 0. The van der Waals surface area contributed by atoms with Crippen LogP contribution in [0.5, 0.6) is 0 Å². The normalized spacial score (nSPS) is 13.3. The standard InChI is InChI=1S/C41H81O8P/c1-4-7-9-11-13-15-17-19-20-21-22-23-24-26-28-30-32-34-36-41(43)49-39(38-48-50(44,45)47-6-3)37-46-40(42)35-33-31-29-27-25-18-16-14-12-10-8-5-2/h39H,4-38H2,1-3H3,(H,44,45). The number of phosphoric ester groups is 1. The van der Waals surface area contributed by atoms with Crippen LogP contribution in [0.3, 0.4) is 0 Å². The first kappa shape index (κ1) is 49.0. The molecule has 0 amide bonds. The van der Waals surface area contributed by atoms with Gasteiger partial charge in [0.25, 0.3) is 0 Å². The van der Waals surface area contributed by atoms with Crippen LogP contribution in [0.1, 0.15) is 226 Å². The van der Waals surface area contributed by atoms with Gasteiger partial charge in [-0.25, -0.2) is 4.57 Å². The molecule has 1 N–H and O–H groups in total. The zero-order valence-corrected chi connectivity index (χ0v) is 34.0. The van der Waals surface area contributed by atoms with E-state index in [1.54, 1.807) is 6.92 Å². The number of carbonyl (C=O) groups is 2. The van der Waals surface area contributed by atoms with Crippen LogP contribution in [-0.4, -0.2) is 42.8 Å². The molecule has 298 valence electrons. The molecule has 0 aromatic carbocycles. The van der Waals surface area contributed by atoms with Crippen LogP contribution in [0, 0.1) is 0 Å². The van der Waals surface area contributed by atoms with Crippen molar-refractivity contribution in [1.82, 2.24) is 0 Å². The highest BCUT2D eigenvalue weighted by molar-refractivity contribution is 7.47. The fourth-order valence-electron chi connectivity index (χ4n) is 6.28. The summed E-state index contributed by atoms with van der Waals surface area (Å²) in [6.45, 7) is 5.51. The minimum atomic E-state index is -4.27. The van der Waals surface area contributed by atoms with Gasteiger partial charge in [0.15, 0.2) is 6.10 Å². The van der Waals surface area contributed by atoms with Crippen LogP contribution < -0.4 is 0 Å². The number of hydrogen-bond donors (Lipinski definition) is 1. The second-order valence-electron chi connectivity index (χ2n) is 14.4. The van der Waals surface area contributed by atoms with Crippen LogP contribution in [-0.2, 0) is 32.7 Å². The largest absolute Gasteiger partial charge is 0.472 e. The van der Waals surface area contributed by atoms with Gasteiger partial charge in [0, 0.05) is 12.8 Å². The van der Waals surface area contributed by atoms with Crippen molar-refractivity contribution >= 4 is 19.8 Å². The topological polar surface area (TPSA) is 108 Å². The van der Waals surface area contributed by atoms with Crippen molar-refractivity contribution in [2.75, 3.05) is 19.8 Å². The molecule has 50 heavy (non-hydrogen) atoms. The number of hydrogen-bond acceptors (Lipinski definition) is 7. The Morgan fingerprint density at radius 1 is 0.460 bits per heavy atom. The highest BCUT2D eigenvalue weighted by Crippen LogP contribution is 2.43. The number of unbranched alkanes of at least 4 members (excludes halogenated alkanes) is 28. The van der Waals surface area contributed by atoms with Gasteiger partial charge in [-0.3, -0.25) is 18.6 Å². The number of esters is 2. The lowest BCUT2D eigenvalue weighted by atomic mass is 10.0. The molecule has 0 aliphatic carbocycles. The fraction of sp³-hybridized carbons (Fsp3) is 0.951. The van der Waals surface area contributed by atoms with Gasteiger partial charge in [0.1, 0.15) is 6.61 Å². The first-order valence-corrected chi connectivity index (χ1v) is 22.8. The number of rotatable bonds is 40. The zero-order chi connectivity index (χ0) is 36.8. The molecule has 8 nitrogen and oxygen atoms in total. The molecular weight excluding hydrogens is 651 g/mol. The summed E-state index contributed by atoms with van der Waals surface area (Å²) in [5.41, 5.74) is 0. The summed E-state index contributed by atoms with van der Waals surface area (Å²) in [6.07, 6.45) is 37.2. The van der Waals surface area contributed by atoms with Gasteiger partial charge in [-0.15, -0.1) is 0 Å². The first-order valence-electron chi connectivity index (χ1n) is 21.3. The van der Waals surface area contributed by atoms with Crippen LogP contribution >= 0.6 is 7.82 Å². The Hall–Kier alpha value is -0.950. The average Bonchev–Trinajstić information content (AvgIpc) is 3.09. The molecule has 0 rings (SSSR count). The van der Waals surface area contributed by atoms with Crippen molar-refractivity contribution in [1.29, 1.82) is 0 Å². The predicted molar refractivity (Wildman–Crippen MR) is 207 cm³/mol. The van der Waals surface area contributed by atoms with E-state index in [0.717, 1.165) is 38.5 Å². The molecule has 0 bridgehead atoms. The Labute approximate surface area is 308 Å². The molecular formula is C41H81O8P. The van der Waals surface area contributed by atoms with Crippen molar-refractivity contribution in [3.63, 3.8) is 0 Å². The van der Waals surface area contributed by atoms with E-state index in [4.69, 9.17) is 18.5 Å². The van der Waals surface area contributed by atoms with E-state index in [-0.39, 0.29) is 32.2 Å². The molecule has 0 fully saturated rings. The molecule has 0 heterocycles. The fourth-order valence-corrected chi connectivity index (χ4v) is 7.03. The molecule has 0 radical (unpaired) electrons. The summed E-state index contributed by atoms with van der Waals surface area (Å²) in [4.78, 5) is 34.7. The van der Waals surface area contributed by atoms with Crippen LogP contribution in [0.25, 0.3) is 0 Å². The van der Waals surface area contributed by atoms with E-state index >= 15 is 0 Å².